The second-order valence-electron chi connectivity index (χ2n) is 9.10. The topological polar surface area (TPSA) is 265 Å². The van der Waals surface area contributed by atoms with Crippen LogP contribution in [0.15, 0.2) is 39.0 Å². The molecule has 6 N–H and O–H groups in total. The first kappa shape index (κ1) is 32.1. The molecule has 0 radical (unpaired) electrons. The summed E-state index contributed by atoms with van der Waals surface area (Å²) in [6.45, 7) is 0.208. The largest absolute Gasteiger partial charge is 0.494 e. The third-order valence-corrected chi connectivity index (χ3v) is 6.24. The van der Waals surface area contributed by atoms with Crippen LogP contribution >= 0.6 is 0 Å². The van der Waals surface area contributed by atoms with Crippen molar-refractivity contribution in [2.24, 2.45) is 5.11 Å². The van der Waals surface area contributed by atoms with Crippen LogP contribution in [-0.4, -0.2) is 60.3 Å². The number of hydrogen-bond donors (Lipinski definition) is 6. The fourth-order valence-electron chi connectivity index (χ4n) is 4.19. The van der Waals surface area contributed by atoms with Crippen LogP contribution in [0.3, 0.4) is 0 Å². The number of aryl methyl sites for hydroxylation is 1. The van der Waals surface area contributed by atoms with Gasteiger partial charge in [-0.3, -0.25) is 24.2 Å². The van der Waals surface area contributed by atoms with E-state index in [1.54, 1.807) is 29.2 Å². The molecule has 0 saturated heterocycles. The van der Waals surface area contributed by atoms with E-state index in [4.69, 9.17) is 10.6 Å². The van der Waals surface area contributed by atoms with E-state index in [0.29, 0.717) is 29.5 Å². The van der Waals surface area contributed by atoms with Gasteiger partial charge in [-0.25, -0.2) is 14.2 Å². The fraction of sp³-hybridized carbons (Fsp3) is 0.440. The first-order valence-corrected chi connectivity index (χ1v) is 12.6. The third kappa shape index (κ3) is 9.54. The average Bonchev–Trinajstić information content (AvgIpc) is 2.89. The summed E-state index contributed by atoms with van der Waals surface area (Å²) < 4.78 is 0.369. The molecule has 0 aliphatic rings. The highest BCUT2D eigenvalue weighted by Crippen LogP contribution is 2.28. The molecule has 16 nitrogen and oxygen atoms in total. The molecule has 0 spiro atoms. The second-order valence-corrected chi connectivity index (χ2v) is 9.10. The first-order valence-electron chi connectivity index (χ1n) is 12.6. The second kappa shape index (κ2) is 15.5. The van der Waals surface area contributed by atoms with Gasteiger partial charge in [0.05, 0.1) is 11.5 Å². The smallest absolute Gasteiger partial charge is 0.331 e. The van der Waals surface area contributed by atoms with E-state index in [9.17, 15) is 44.1 Å². The van der Waals surface area contributed by atoms with E-state index < -0.39 is 65.4 Å². The van der Waals surface area contributed by atoms with E-state index in [0.717, 1.165) is 5.56 Å². The van der Waals surface area contributed by atoms with E-state index in [-0.39, 0.29) is 31.7 Å². The van der Waals surface area contributed by atoms with Gasteiger partial charge in [0.1, 0.15) is 6.04 Å². The van der Waals surface area contributed by atoms with Gasteiger partial charge in [-0.05, 0) is 49.6 Å². The number of azide groups is 1. The number of rotatable bonds is 17. The highest BCUT2D eigenvalue weighted by atomic mass is 16.4. The molecule has 0 saturated carbocycles. The minimum absolute atomic E-state index is 0.177. The molecule has 0 bridgehead atoms. The number of carboxylic acid groups (broad SMARTS) is 3. The Hall–Kier alpha value is -5.11. The van der Waals surface area contributed by atoms with Crippen molar-refractivity contribution in [2.45, 2.75) is 63.3 Å². The monoisotopic (exact) mass is 574 g/mol. The number of aromatic amines is 1. The van der Waals surface area contributed by atoms with Crippen molar-refractivity contribution in [3.63, 3.8) is 0 Å². The van der Waals surface area contributed by atoms with Crippen molar-refractivity contribution < 1.29 is 39.6 Å². The average molecular weight is 575 g/mol. The molecule has 1 amide bonds. The Kier molecular flexibility index (Phi) is 12.1. The van der Waals surface area contributed by atoms with Gasteiger partial charge in [0.15, 0.2) is 0 Å². The predicted molar refractivity (Wildman–Crippen MR) is 142 cm³/mol. The van der Waals surface area contributed by atoms with E-state index in [1.165, 1.54) is 0 Å². The van der Waals surface area contributed by atoms with E-state index in [2.05, 4.69) is 15.3 Å². The molecule has 0 aliphatic heterocycles. The Morgan fingerprint density at radius 3 is 2.24 bits per heavy atom. The Bertz CT molecular complexity index is 1430. The summed E-state index contributed by atoms with van der Waals surface area (Å²) in [4.78, 5) is 75.8. The molecule has 0 aliphatic carbocycles. The maximum atomic E-state index is 12.4. The predicted octanol–water partition coefficient (Wildman–Crippen LogP) is 2.15. The van der Waals surface area contributed by atoms with Crippen LogP contribution in [0.5, 0.6) is 5.88 Å². The number of carbonyl (C=O) groups is 4. The zero-order chi connectivity index (χ0) is 30.5. The number of H-pyrrole nitrogens is 1. The minimum atomic E-state index is -1.80. The van der Waals surface area contributed by atoms with Gasteiger partial charge in [-0.15, -0.1) is 0 Å². The van der Waals surface area contributed by atoms with Gasteiger partial charge in [-0.1, -0.05) is 29.4 Å². The van der Waals surface area contributed by atoms with Crippen molar-refractivity contribution in [1.82, 2.24) is 14.9 Å². The molecule has 1 heterocycles. The Morgan fingerprint density at radius 1 is 0.976 bits per heavy atom. The Balaban J connectivity index is 1.96. The fourth-order valence-corrected chi connectivity index (χ4v) is 4.19. The van der Waals surface area contributed by atoms with Crippen molar-refractivity contribution >= 4 is 29.5 Å². The van der Waals surface area contributed by atoms with Crippen molar-refractivity contribution in [3.05, 3.63) is 66.7 Å². The molecule has 16 heteroatoms. The molecule has 2 atom stereocenters. The molecule has 41 heavy (non-hydrogen) atoms. The van der Waals surface area contributed by atoms with Crippen molar-refractivity contribution in [1.29, 1.82) is 0 Å². The van der Waals surface area contributed by atoms with Crippen LogP contribution in [0.2, 0.25) is 0 Å². The number of hydrogen-bond acceptors (Lipinski definition) is 8. The SMILES string of the molecule is [N-]=[N+]=Nc1ccc(CCCC(=O)NCCCC[C@@H](C(=O)O)n2c(O)c([C@H](CCC(=O)O)C(=O)O)c(=O)[nH]c2=O)cc1. The highest BCUT2D eigenvalue weighted by molar-refractivity contribution is 5.78. The lowest BCUT2D eigenvalue weighted by atomic mass is 9.95. The quantitative estimate of drug-likeness (QED) is 0.0693. The number of aliphatic carboxylic acids is 3. The number of amides is 1. The first-order chi connectivity index (χ1) is 19.5. The van der Waals surface area contributed by atoms with Crippen LogP contribution in [-0.2, 0) is 25.6 Å². The van der Waals surface area contributed by atoms with Crippen LogP contribution in [0.4, 0.5) is 5.69 Å². The molecular weight excluding hydrogens is 544 g/mol. The summed E-state index contributed by atoms with van der Waals surface area (Å²) in [5.41, 5.74) is 6.53. The van der Waals surface area contributed by atoms with Gasteiger partial charge in [0, 0.05) is 30.0 Å². The third-order valence-electron chi connectivity index (χ3n) is 6.24. The maximum absolute atomic E-state index is 12.4. The molecule has 1 aromatic carbocycles. The summed E-state index contributed by atoms with van der Waals surface area (Å²) in [7, 11) is 0. The standard InChI is InChI=1S/C25H30N6O10/c26-30-29-15-9-7-14(8-10-15)4-3-6-18(32)27-13-2-1-5-17(24(39)40)31-22(36)20(21(35)28-25(31)41)16(23(37)38)11-12-19(33)34/h7-10,16-17,36H,1-6,11-13H2,(H,27,32)(H,33,34)(H,37,38)(H,39,40)(H,28,35,41)/t16-,17-/m0/s1. The number of carbonyl (C=O) groups excluding carboxylic acids is 1. The summed E-state index contributed by atoms with van der Waals surface area (Å²) in [6.07, 6.45) is 0.483. The Morgan fingerprint density at radius 2 is 1.66 bits per heavy atom. The molecule has 2 rings (SSSR count). The number of nitrogens with one attached hydrogen (secondary N) is 2. The summed E-state index contributed by atoms with van der Waals surface area (Å²) >= 11 is 0. The van der Waals surface area contributed by atoms with Crippen LogP contribution in [0.1, 0.15) is 68.0 Å². The van der Waals surface area contributed by atoms with Gasteiger partial charge < -0.3 is 25.7 Å². The number of benzene rings is 1. The van der Waals surface area contributed by atoms with Crippen LogP contribution in [0, 0.1) is 0 Å². The zero-order valence-corrected chi connectivity index (χ0v) is 21.9. The summed E-state index contributed by atoms with van der Waals surface area (Å²) in [5.74, 6) is -7.70. The minimum Gasteiger partial charge on any atom is -0.494 e. The number of aromatic hydroxyl groups is 1. The number of aromatic nitrogens is 2. The molecule has 0 unspecified atom stereocenters. The van der Waals surface area contributed by atoms with E-state index >= 15 is 0 Å². The molecule has 1 aromatic heterocycles. The van der Waals surface area contributed by atoms with Gasteiger partial charge in [0.25, 0.3) is 5.56 Å². The zero-order valence-electron chi connectivity index (χ0n) is 21.9. The summed E-state index contributed by atoms with van der Waals surface area (Å²) in [5, 5.41) is 44.8. The highest BCUT2D eigenvalue weighted by Gasteiger charge is 2.32. The molecule has 2 aromatic rings. The number of carboxylic acids is 3. The number of nitrogens with zero attached hydrogens (tertiary/aromatic N) is 4. The van der Waals surface area contributed by atoms with Gasteiger partial charge in [0.2, 0.25) is 11.8 Å². The normalized spacial score (nSPS) is 12.1. The van der Waals surface area contributed by atoms with Crippen molar-refractivity contribution in [2.75, 3.05) is 6.54 Å². The molecule has 220 valence electrons. The lowest BCUT2D eigenvalue weighted by Gasteiger charge is -2.20. The number of unbranched alkanes of at least 4 members (excludes halogenated alkanes) is 1. The molecule has 0 fully saturated rings. The maximum Gasteiger partial charge on any atom is 0.331 e. The van der Waals surface area contributed by atoms with Crippen LogP contribution < -0.4 is 16.6 Å². The van der Waals surface area contributed by atoms with Gasteiger partial charge in [-0.2, -0.15) is 0 Å². The lowest BCUT2D eigenvalue weighted by molar-refractivity contribution is -0.142. The molecular formula is C25H30N6O10. The van der Waals surface area contributed by atoms with E-state index in [1.807, 2.05) is 0 Å². The summed E-state index contributed by atoms with van der Waals surface area (Å²) in [6, 6.07) is 5.27. The van der Waals surface area contributed by atoms with Gasteiger partial charge >= 0.3 is 23.6 Å². The Labute approximate surface area is 231 Å². The lowest BCUT2D eigenvalue weighted by Crippen LogP contribution is -2.38. The van der Waals surface area contributed by atoms with Crippen LogP contribution in [0.25, 0.3) is 10.4 Å². The van der Waals surface area contributed by atoms with Crippen molar-refractivity contribution in [3.8, 4) is 5.88 Å².